The molecule has 0 radical (unpaired) electrons. The molecule has 0 aromatic heterocycles. The molecule has 0 aromatic rings. The molecule has 3 heteroatoms. The molecule has 0 bridgehead atoms. The Bertz CT molecular complexity index is 181. The van der Waals surface area contributed by atoms with Crippen molar-refractivity contribution in [2.75, 3.05) is 33.4 Å². The molecule has 0 amide bonds. The molecule has 0 saturated heterocycles. The van der Waals surface area contributed by atoms with E-state index in [1.807, 2.05) is 0 Å². The molecule has 1 atom stereocenters. The molecule has 108 valence electrons. The van der Waals surface area contributed by atoms with Crippen LogP contribution in [-0.4, -0.2) is 39.4 Å². The Hall–Kier alpha value is -0.120. The zero-order chi connectivity index (χ0) is 13.1. The summed E-state index contributed by atoms with van der Waals surface area (Å²) < 4.78 is 5.01. The van der Waals surface area contributed by atoms with Gasteiger partial charge >= 0.3 is 0 Å². The molecule has 0 aliphatic heterocycles. The number of hydrogen-bond acceptors (Lipinski definition) is 3. The molecule has 3 nitrogen and oxygen atoms in total. The van der Waals surface area contributed by atoms with Gasteiger partial charge in [0, 0.05) is 26.2 Å². The average molecular weight is 256 g/mol. The molecular weight excluding hydrogens is 224 g/mol. The molecule has 0 aromatic carbocycles. The van der Waals surface area contributed by atoms with E-state index in [-0.39, 0.29) is 0 Å². The van der Waals surface area contributed by atoms with E-state index < -0.39 is 0 Å². The van der Waals surface area contributed by atoms with Gasteiger partial charge in [-0.2, -0.15) is 0 Å². The zero-order valence-electron chi connectivity index (χ0n) is 12.3. The first-order valence-electron chi connectivity index (χ1n) is 7.76. The first kappa shape index (κ1) is 15.9. The predicted molar refractivity (Wildman–Crippen MR) is 78.0 cm³/mol. The van der Waals surface area contributed by atoms with Crippen molar-refractivity contribution < 1.29 is 4.74 Å². The fraction of sp³-hybridized carbons (Fsp3) is 1.00. The van der Waals surface area contributed by atoms with E-state index in [0.717, 1.165) is 25.6 Å². The normalized spacial score (nSPS) is 19.0. The van der Waals surface area contributed by atoms with Crippen LogP contribution < -0.4 is 10.6 Å². The molecule has 1 rings (SSSR count). The highest BCUT2D eigenvalue weighted by Gasteiger charge is 2.12. The first-order valence-corrected chi connectivity index (χ1v) is 7.76. The first-order chi connectivity index (χ1) is 8.83. The number of rotatable bonds is 10. The maximum Gasteiger partial charge on any atom is 0.0587 e. The second-order valence-corrected chi connectivity index (χ2v) is 5.70. The fourth-order valence-electron chi connectivity index (χ4n) is 2.78. The van der Waals surface area contributed by atoms with Crippen LogP contribution >= 0.6 is 0 Å². The van der Waals surface area contributed by atoms with Gasteiger partial charge in [-0.05, 0) is 32.2 Å². The van der Waals surface area contributed by atoms with Crippen molar-refractivity contribution in [2.45, 2.75) is 57.9 Å². The smallest absolute Gasteiger partial charge is 0.0587 e. The van der Waals surface area contributed by atoms with Crippen molar-refractivity contribution >= 4 is 0 Å². The van der Waals surface area contributed by atoms with Crippen molar-refractivity contribution in [2.24, 2.45) is 5.92 Å². The van der Waals surface area contributed by atoms with Crippen LogP contribution in [0.1, 0.15) is 51.9 Å². The topological polar surface area (TPSA) is 33.3 Å². The summed E-state index contributed by atoms with van der Waals surface area (Å²) in [5.74, 6) is 1.02. The maximum absolute atomic E-state index is 5.01. The van der Waals surface area contributed by atoms with Crippen LogP contribution in [0.3, 0.4) is 0 Å². The minimum atomic E-state index is 0.563. The highest BCUT2D eigenvalue weighted by molar-refractivity contribution is 4.68. The summed E-state index contributed by atoms with van der Waals surface area (Å²) in [6, 6.07) is 0.563. The second kappa shape index (κ2) is 10.8. The van der Waals surface area contributed by atoms with E-state index in [1.54, 1.807) is 7.11 Å². The Morgan fingerprint density at radius 1 is 1.17 bits per heavy atom. The van der Waals surface area contributed by atoms with Crippen molar-refractivity contribution in [1.82, 2.24) is 10.6 Å². The third-order valence-corrected chi connectivity index (χ3v) is 3.94. The highest BCUT2D eigenvalue weighted by atomic mass is 16.5. The van der Waals surface area contributed by atoms with Crippen LogP contribution in [0.15, 0.2) is 0 Å². The van der Waals surface area contributed by atoms with Crippen LogP contribution in [0, 0.1) is 5.92 Å². The van der Waals surface area contributed by atoms with Crippen molar-refractivity contribution in [1.29, 1.82) is 0 Å². The predicted octanol–water partition coefficient (Wildman–Crippen LogP) is 2.56. The van der Waals surface area contributed by atoms with Gasteiger partial charge in [0.15, 0.2) is 0 Å². The average Bonchev–Trinajstić information content (AvgIpc) is 2.41. The van der Waals surface area contributed by atoms with E-state index in [2.05, 4.69) is 17.6 Å². The summed E-state index contributed by atoms with van der Waals surface area (Å²) in [6.45, 7) is 6.20. The Balaban J connectivity index is 1.86. The second-order valence-electron chi connectivity index (χ2n) is 5.70. The lowest BCUT2D eigenvalue weighted by atomic mass is 9.86. The standard InChI is InChI=1S/C15H32N2O/c1-14(13-16-11-12-18-2)17-10-6-9-15-7-4-3-5-8-15/h14-17H,3-13H2,1-2H3. The fourth-order valence-corrected chi connectivity index (χ4v) is 2.78. The SMILES string of the molecule is COCCNCC(C)NCCCC1CCCCC1. The molecule has 1 aliphatic carbocycles. The molecule has 2 N–H and O–H groups in total. The van der Waals surface area contributed by atoms with Crippen LogP contribution in [-0.2, 0) is 4.74 Å². The highest BCUT2D eigenvalue weighted by Crippen LogP contribution is 2.26. The summed E-state index contributed by atoms with van der Waals surface area (Å²) in [6.07, 6.45) is 10.1. The van der Waals surface area contributed by atoms with Crippen LogP contribution in [0.2, 0.25) is 0 Å². The maximum atomic E-state index is 5.01. The Morgan fingerprint density at radius 3 is 2.67 bits per heavy atom. The van der Waals surface area contributed by atoms with E-state index in [9.17, 15) is 0 Å². The van der Waals surface area contributed by atoms with Crippen molar-refractivity contribution in [3.05, 3.63) is 0 Å². The largest absolute Gasteiger partial charge is 0.383 e. The van der Waals surface area contributed by atoms with Gasteiger partial charge in [0.1, 0.15) is 0 Å². The van der Waals surface area contributed by atoms with Gasteiger partial charge in [0.05, 0.1) is 6.61 Å². The van der Waals surface area contributed by atoms with Crippen LogP contribution in [0.25, 0.3) is 0 Å². The number of methoxy groups -OCH3 is 1. The molecule has 1 unspecified atom stereocenters. The van der Waals surface area contributed by atoms with Gasteiger partial charge in [0.2, 0.25) is 0 Å². The summed E-state index contributed by atoms with van der Waals surface area (Å²) in [7, 11) is 1.74. The van der Waals surface area contributed by atoms with E-state index >= 15 is 0 Å². The summed E-state index contributed by atoms with van der Waals surface area (Å²) >= 11 is 0. The van der Waals surface area contributed by atoms with E-state index in [0.29, 0.717) is 6.04 Å². The minimum Gasteiger partial charge on any atom is -0.383 e. The molecule has 0 spiro atoms. The van der Waals surface area contributed by atoms with Gasteiger partial charge in [-0.3, -0.25) is 0 Å². The number of hydrogen-bond donors (Lipinski definition) is 2. The van der Waals surface area contributed by atoms with Crippen LogP contribution in [0.4, 0.5) is 0 Å². The lowest BCUT2D eigenvalue weighted by Gasteiger charge is -2.22. The Morgan fingerprint density at radius 2 is 1.94 bits per heavy atom. The minimum absolute atomic E-state index is 0.563. The van der Waals surface area contributed by atoms with Crippen molar-refractivity contribution in [3.63, 3.8) is 0 Å². The van der Waals surface area contributed by atoms with Gasteiger partial charge < -0.3 is 15.4 Å². The van der Waals surface area contributed by atoms with Crippen LogP contribution in [0.5, 0.6) is 0 Å². The summed E-state index contributed by atoms with van der Waals surface area (Å²) in [5.41, 5.74) is 0. The monoisotopic (exact) mass is 256 g/mol. The molecule has 1 saturated carbocycles. The molecule has 1 fully saturated rings. The zero-order valence-corrected chi connectivity index (χ0v) is 12.3. The van der Waals surface area contributed by atoms with Gasteiger partial charge in [-0.15, -0.1) is 0 Å². The lowest BCUT2D eigenvalue weighted by Crippen LogP contribution is -2.38. The molecule has 0 heterocycles. The summed E-state index contributed by atoms with van der Waals surface area (Å²) in [4.78, 5) is 0. The lowest BCUT2D eigenvalue weighted by molar-refractivity contribution is 0.198. The van der Waals surface area contributed by atoms with Gasteiger partial charge in [0.25, 0.3) is 0 Å². The quantitative estimate of drug-likeness (QED) is 0.589. The number of ether oxygens (including phenoxy) is 1. The third-order valence-electron chi connectivity index (χ3n) is 3.94. The number of nitrogens with one attached hydrogen (secondary N) is 2. The van der Waals surface area contributed by atoms with E-state index in [1.165, 1.54) is 51.5 Å². The summed E-state index contributed by atoms with van der Waals surface area (Å²) in [5, 5.41) is 6.98. The Labute approximate surface area is 113 Å². The van der Waals surface area contributed by atoms with E-state index in [4.69, 9.17) is 4.74 Å². The third kappa shape index (κ3) is 8.06. The van der Waals surface area contributed by atoms with Crippen molar-refractivity contribution in [3.8, 4) is 0 Å². The molecular formula is C15H32N2O. The Kier molecular flexibility index (Phi) is 9.54. The van der Waals surface area contributed by atoms with Gasteiger partial charge in [-0.25, -0.2) is 0 Å². The van der Waals surface area contributed by atoms with Gasteiger partial charge in [-0.1, -0.05) is 32.1 Å². The molecule has 18 heavy (non-hydrogen) atoms. The molecule has 1 aliphatic rings.